The van der Waals surface area contributed by atoms with Gasteiger partial charge in [-0.05, 0) is 42.7 Å². The first-order chi connectivity index (χ1) is 10.0. The number of ether oxygens (including phenoxy) is 1. The summed E-state index contributed by atoms with van der Waals surface area (Å²) in [7, 11) is 0. The van der Waals surface area contributed by atoms with Crippen LogP contribution in [-0.2, 0) is 17.6 Å². The van der Waals surface area contributed by atoms with E-state index in [4.69, 9.17) is 16.3 Å². The van der Waals surface area contributed by atoms with Gasteiger partial charge in [-0.25, -0.2) is 8.78 Å². The highest BCUT2D eigenvalue weighted by atomic mass is 35.5. The van der Waals surface area contributed by atoms with Crippen molar-refractivity contribution < 1.29 is 13.5 Å². The van der Waals surface area contributed by atoms with Crippen LogP contribution in [0.4, 0.5) is 8.78 Å². The predicted molar refractivity (Wildman–Crippen MR) is 81.6 cm³/mol. The highest BCUT2D eigenvalue weighted by Crippen LogP contribution is 2.39. The molecule has 1 unspecified atom stereocenters. The highest BCUT2D eigenvalue weighted by Gasteiger charge is 2.26. The monoisotopic (exact) mass is 328 g/mol. The number of fused-ring (bicyclic) bond motifs is 1. The summed E-state index contributed by atoms with van der Waals surface area (Å²) in [6.07, 6.45) is -1.40. The number of hydrogen-bond acceptors (Lipinski definition) is 2. The van der Waals surface area contributed by atoms with E-state index in [0.29, 0.717) is 23.6 Å². The highest BCUT2D eigenvalue weighted by molar-refractivity contribution is 7.12. The molecule has 21 heavy (non-hydrogen) atoms. The van der Waals surface area contributed by atoms with Crippen molar-refractivity contribution in [2.75, 3.05) is 6.61 Å². The van der Waals surface area contributed by atoms with Crippen molar-refractivity contribution in [1.29, 1.82) is 0 Å². The number of hydrogen-bond donors (Lipinski definition) is 0. The Morgan fingerprint density at radius 3 is 2.86 bits per heavy atom. The van der Waals surface area contributed by atoms with Crippen molar-refractivity contribution in [2.24, 2.45) is 0 Å². The Balaban J connectivity index is 1.97. The molecule has 0 amide bonds. The number of benzene rings is 1. The van der Waals surface area contributed by atoms with Crippen LogP contribution in [-0.4, -0.2) is 6.61 Å². The van der Waals surface area contributed by atoms with E-state index in [0.717, 1.165) is 28.2 Å². The Morgan fingerprint density at radius 2 is 2.10 bits per heavy atom. The summed E-state index contributed by atoms with van der Waals surface area (Å²) >= 11 is 7.20. The minimum Gasteiger partial charge on any atom is -0.373 e. The Kier molecular flexibility index (Phi) is 4.29. The molecule has 0 saturated heterocycles. The number of alkyl halides is 2. The molecule has 2 heterocycles. The molecular formula is C16H15ClF2OS. The van der Waals surface area contributed by atoms with Gasteiger partial charge >= 0.3 is 0 Å². The van der Waals surface area contributed by atoms with E-state index in [9.17, 15) is 8.78 Å². The zero-order valence-electron chi connectivity index (χ0n) is 11.5. The summed E-state index contributed by atoms with van der Waals surface area (Å²) in [5, 5.41) is 0.671. The van der Waals surface area contributed by atoms with E-state index >= 15 is 0 Å². The van der Waals surface area contributed by atoms with Crippen LogP contribution in [0.15, 0.2) is 24.3 Å². The molecule has 1 atom stereocenters. The molecule has 5 heteroatoms. The van der Waals surface area contributed by atoms with Gasteiger partial charge in [0.2, 0.25) is 0 Å². The van der Waals surface area contributed by atoms with Gasteiger partial charge in [-0.1, -0.05) is 17.7 Å². The fourth-order valence-electron chi connectivity index (χ4n) is 2.77. The lowest BCUT2D eigenvalue weighted by Gasteiger charge is -2.16. The molecule has 0 saturated carbocycles. The molecule has 1 aromatic heterocycles. The van der Waals surface area contributed by atoms with Gasteiger partial charge in [0.05, 0.1) is 17.6 Å². The van der Waals surface area contributed by atoms with E-state index in [1.54, 1.807) is 0 Å². The first-order valence-electron chi connectivity index (χ1n) is 6.82. The van der Waals surface area contributed by atoms with Gasteiger partial charge in [0.25, 0.3) is 6.43 Å². The third-order valence-corrected chi connectivity index (χ3v) is 5.03. The summed E-state index contributed by atoms with van der Waals surface area (Å²) in [6, 6.07) is 7.60. The number of rotatable bonds is 2. The second-order valence-electron chi connectivity index (χ2n) is 5.20. The van der Waals surface area contributed by atoms with Crippen molar-refractivity contribution >= 4 is 22.9 Å². The summed E-state index contributed by atoms with van der Waals surface area (Å²) < 4.78 is 32.2. The second-order valence-corrected chi connectivity index (χ2v) is 6.93. The average molecular weight is 329 g/mol. The number of aryl methyl sites for hydroxylation is 1. The molecule has 0 aliphatic carbocycles. The molecule has 0 fully saturated rings. The topological polar surface area (TPSA) is 9.23 Å². The molecule has 0 spiro atoms. The predicted octanol–water partition coefficient (Wildman–Crippen LogP) is 5.50. The Labute approximate surface area is 131 Å². The molecule has 0 bridgehead atoms. The minimum absolute atomic E-state index is 0.128. The quantitative estimate of drug-likeness (QED) is 0.707. The zero-order valence-corrected chi connectivity index (χ0v) is 13.1. The smallest absolute Gasteiger partial charge is 0.273 e. The van der Waals surface area contributed by atoms with Crippen molar-refractivity contribution in [3.8, 4) is 0 Å². The maximum atomic E-state index is 13.2. The van der Waals surface area contributed by atoms with Crippen molar-refractivity contribution in [1.82, 2.24) is 0 Å². The summed E-state index contributed by atoms with van der Waals surface area (Å²) in [4.78, 5) is 1.02. The zero-order chi connectivity index (χ0) is 15.0. The van der Waals surface area contributed by atoms with Crippen LogP contribution in [0.1, 0.15) is 39.0 Å². The third-order valence-electron chi connectivity index (χ3n) is 3.72. The molecule has 0 radical (unpaired) electrons. The fraction of sp³-hybridized carbons (Fsp3) is 0.375. The van der Waals surface area contributed by atoms with Gasteiger partial charge in [-0.3, -0.25) is 0 Å². The van der Waals surface area contributed by atoms with E-state index in [2.05, 4.69) is 0 Å². The third kappa shape index (κ3) is 3.12. The molecule has 3 rings (SSSR count). The standard InChI is InChI=1S/C16H15ClF2OS/c1-9-6-13(15(21-9)16(18)19)14-8-11-7-12(17)3-2-10(11)4-5-20-14/h2-3,6-7,14,16H,4-5,8H2,1H3. The van der Waals surface area contributed by atoms with Crippen LogP contribution < -0.4 is 0 Å². The van der Waals surface area contributed by atoms with Crippen LogP contribution >= 0.6 is 22.9 Å². The molecule has 2 aromatic rings. The maximum Gasteiger partial charge on any atom is 0.273 e. The largest absolute Gasteiger partial charge is 0.373 e. The SMILES string of the molecule is Cc1cc(C2Cc3cc(Cl)ccc3CCO2)c(C(F)F)s1. The van der Waals surface area contributed by atoms with Gasteiger partial charge in [-0.2, -0.15) is 0 Å². The van der Waals surface area contributed by atoms with E-state index in [1.807, 2.05) is 31.2 Å². The van der Waals surface area contributed by atoms with Crippen LogP contribution in [0.25, 0.3) is 0 Å². The van der Waals surface area contributed by atoms with Gasteiger partial charge in [0.15, 0.2) is 0 Å². The molecule has 1 aromatic carbocycles. The Hall–Kier alpha value is -0.970. The lowest BCUT2D eigenvalue weighted by Crippen LogP contribution is -2.07. The summed E-state index contributed by atoms with van der Waals surface area (Å²) in [5.74, 6) is 0. The van der Waals surface area contributed by atoms with Gasteiger partial charge in [0.1, 0.15) is 0 Å². The first-order valence-corrected chi connectivity index (χ1v) is 8.01. The minimum atomic E-state index is -2.45. The second kappa shape index (κ2) is 6.03. The number of thiophene rings is 1. The fourth-order valence-corrected chi connectivity index (χ4v) is 3.90. The van der Waals surface area contributed by atoms with Crippen molar-refractivity contribution in [3.63, 3.8) is 0 Å². The van der Waals surface area contributed by atoms with Crippen LogP contribution in [0.5, 0.6) is 0 Å². The molecule has 112 valence electrons. The molecule has 1 aliphatic rings. The average Bonchev–Trinajstić information content (AvgIpc) is 2.70. The molecule has 1 aliphatic heterocycles. The van der Waals surface area contributed by atoms with Gasteiger partial charge in [-0.15, -0.1) is 11.3 Å². The van der Waals surface area contributed by atoms with Gasteiger partial charge < -0.3 is 4.74 Å². The molecule has 1 nitrogen and oxygen atoms in total. The molecular weight excluding hydrogens is 314 g/mol. The summed E-state index contributed by atoms with van der Waals surface area (Å²) in [5.41, 5.74) is 2.90. The van der Waals surface area contributed by atoms with E-state index in [1.165, 1.54) is 5.56 Å². The lowest BCUT2D eigenvalue weighted by atomic mass is 9.97. The maximum absolute atomic E-state index is 13.2. The Bertz CT molecular complexity index is 654. The normalized spacial score (nSPS) is 18.6. The van der Waals surface area contributed by atoms with E-state index in [-0.39, 0.29) is 11.0 Å². The summed E-state index contributed by atoms with van der Waals surface area (Å²) in [6.45, 7) is 2.39. The lowest BCUT2D eigenvalue weighted by molar-refractivity contribution is 0.0569. The van der Waals surface area contributed by atoms with Crippen LogP contribution in [0.2, 0.25) is 5.02 Å². The van der Waals surface area contributed by atoms with Crippen molar-refractivity contribution in [3.05, 3.63) is 55.7 Å². The van der Waals surface area contributed by atoms with Gasteiger partial charge in [0, 0.05) is 21.9 Å². The van der Waals surface area contributed by atoms with E-state index < -0.39 is 6.43 Å². The first kappa shape index (κ1) is 14.9. The Morgan fingerprint density at radius 1 is 1.29 bits per heavy atom. The molecule has 0 N–H and O–H groups in total. The van der Waals surface area contributed by atoms with Crippen molar-refractivity contribution in [2.45, 2.75) is 32.3 Å². The number of halogens is 3. The van der Waals surface area contributed by atoms with Crippen LogP contribution in [0.3, 0.4) is 0 Å². The van der Waals surface area contributed by atoms with Crippen LogP contribution in [0, 0.1) is 6.92 Å².